The predicted octanol–water partition coefficient (Wildman–Crippen LogP) is 3.47. The lowest BCUT2D eigenvalue weighted by atomic mass is 10.1. The third-order valence-electron chi connectivity index (χ3n) is 4.10. The van der Waals surface area contributed by atoms with E-state index in [0.29, 0.717) is 33.5 Å². The largest absolute Gasteiger partial charge is 0.464 e. The summed E-state index contributed by atoms with van der Waals surface area (Å²) in [6.45, 7) is 6.06. The van der Waals surface area contributed by atoms with Crippen LogP contribution in [0, 0.1) is 11.7 Å². The van der Waals surface area contributed by atoms with E-state index >= 15 is 0 Å². The number of H-pyrrole nitrogens is 1. The van der Waals surface area contributed by atoms with Crippen LogP contribution in [0.4, 0.5) is 0 Å². The molecule has 1 unspecified atom stereocenters. The molecule has 0 radical (unpaired) electrons. The molecule has 1 atom stereocenters. The maximum Gasteiger partial charge on any atom is 0.262 e. The lowest BCUT2D eigenvalue weighted by Gasteiger charge is -2.12. The standard InChI is InChI=1S/C18H19N3O3S/c1-4-21-17(23)13-7-6-12(9-14(13)20-18(21)25)16(22)19-11(3)15-8-5-10(2)24-15/h5-9,11H,4H2,1-3H3,(H,19,22)(H,20,25). The summed E-state index contributed by atoms with van der Waals surface area (Å²) in [6.07, 6.45) is 0. The van der Waals surface area contributed by atoms with Gasteiger partial charge in [0.2, 0.25) is 0 Å². The number of furan rings is 1. The van der Waals surface area contributed by atoms with Crippen molar-refractivity contribution in [2.45, 2.75) is 33.4 Å². The minimum atomic E-state index is -0.261. The van der Waals surface area contributed by atoms with E-state index in [2.05, 4.69) is 10.3 Å². The van der Waals surface area contributed by atoms with Gasteiger partial charge >= 0.3 is 0 Å². The number of carbonyl (C=O) groups is 1. The summed E-state index contributed by atoms with van der Waals surface area (Å²) in [5.41, 5.74) is 0.836. The van der Waals surface area contributed by atoms with Gasteiger partial charge in [0.1, 0.15) is 11.5 Å². The smallest absolute Gasteiger partial charge is 0.262 e. The van der Waals surface area contributed by atoms with Crippen LogP contribution in [0.3, 0.4) is 0 Å². The molecule has 0 aliphatic carbocycles. The Hall–Kier alpha value is -2.67. The van der Waals surface area contributed by atoms with Gasteiger partial charge in [0.15, 0.2) is 4.77 Å². The molecule has 0 bridgehead atoms. The van der Waals surface area contributed by atoms with Crippen LogP contribution in [0.15, 0.2) is 39.5 Å². The van der Waals surface area contributed by atoms with Crippen LogP contribution in [0.1, 0.15) is 41.8 Å². The van der Waals surface area contributed by atoms with Crippen LogP contribution in [0.25, 0.3) is 10.9 Å². The fourth-order valence-electron chi connectivity index (χ4n) is 2.72. The van der Waals surface area contributed by atoms with Crippen molar-refractivity contribution < 1.29 is 9.21 Å². The maximum atomic E-state index is 12.5. The minimum absolute atomic E-state index is 0.160. The highest BCUT2D eigenvalue weighted by molar-refractivity contribution is 7.71. The fourth-order valence-corrected chi connectivity index (χ4v) is 3.04. The highest BCUT2D eigenvalue weighted by atomic mass is 32.1. The Bertz CT molecular complexity index is 1060. The molecule has 0 aliphatic rings. The molecule has 6 nitrogen and oxygen atoms in total. The molecule has 0 fully saturated rings. The van der Waals surface area contributed by atoms with Crippen LogP contribution in [-0.4, -0.2) is 15.5 Å². The molecular weight excluding hydrogens is 338 g/mol. The van der Waals surface area contributed by atoms with Crippen molar-refractivity contribution in [1.29, 1.82) is 0 Å². The van der Waals surface area contributed by atoms with E-state index in [9.17, 15) is 9.59 Å². The van der Waals surface area contributed by atoms with Gasteiger partial charge in [0.25, 0.3) is 11.5 Å². The molecule has 2 aromatic heterocycles. The quantitative estimate of drug-likeness (QED) is 0.701. The molecule has 0 saturated carbocycles. The zero-order chi connectivity index (χ0) is 18.1. The molecule has 2 heterocycles. The van der Waals surface area contributed by atoms with Crippen LogP contribution in [0.5, 0.6) is 0 Å². The minimum Gasteiger partial charge on any atom is -0.464 e. The van der Waals surface area contributed by atoms with Gasteiger partial charge in [0.05, 0.1) is 16.9 Å². The number of aromatic nitrogens is 2. The summed E-state index contributed by atoms with van der Waals surface area (Å²) in [7, 11) is 0. The van der Waals surface area contributed by atoms with Crippen molar-refractivity contribution in [2.75, 3.05) is 0 Å². The Kier molecular flexibility index (Phi) is 4.59. The molecule has 130 valence electrons. The Labute approximate surface area is 149 Å². The normalized spacial score (nSPS) is 12.3. The molecule has 1 amide bonds. The Morgan fingerprint density at radius 2 is 2.12 bits per heavy atom. The number of carbonyl (C=O) groups excluding carboxylic acids is 1. The summed E-state index contributed by atoms with van der Waals surface area (Å²) in [5.74, 6) is 1.24. The lowest BCUT2D eigenvalue weighted by molar-refractivity contribution is 0.0935. The summed E-state index contributed by atoms with van der Waals surface area (Å²) >= 11 is 5.21. The van der Waals surface area contributed by atoms with Crippen molar-refractivity contribution in [3.8, 4) is 0 Å². The molecule has 3 aromatic rings. The zero-order valence-corrected chi connectivity index (χ0v) is 15.1. The first-order chi connectivity index (χ1) is 11.9. The highest BCUT2D eigenvalue weighted by Crippen LogP contribution is 2.17. The van der Waals surface area contributed by atoms with E-state index in [1.807, 2.05) is 32.9 Å². The first-order valence-electron chi connectivity index (χ1n) is 8.04. The van der Waals surface area contributed by atoms with Crippen molar-refractivity contribution in [1.82, 2.24) is 14.9 Å². The van der Waals surface area contributed by atoms with Crippen molar-refractivity contribution >= 4 is 29.0 Å². The van der Waals surface area contributed by atoms with Crippen molar-refractivity contribution in [3.05, 3.63) is 62.5 Å². The van der Waals surface area contributed by atoms with Gasteiger partial charge in [-0.1, -0.05) is 0 Å². The number of benzene rings is 1. The molecular formula is C18H19N3O3S. The van der Waals surface area contributed by atoms with Gasteiger partial charge in [-0.05, 0) is 63.3 Å². The molecule has 2 N–H and O–H groups in total. The third kappa shape index (κ3) is 3.28. The number of hydrogen-bond donors (Lipinski definition) is 2. The average molecular weight is 357 g/mol. The Balaban J connectivity index is 1.92. The zero-order valence-electron chi connectivity index (χ0n) is 14.3. The fraction of sp³-hybridized carbons (Fsp3) is 0.278. The first-order valence-corrected chi connectivity index (χ1v) is 8.45. The van der Waals surface area contributed by atoms with Crippen LogP contribution < -0.4 is 10.9 Å². The lowest BCUT2D eigenvalue weighted by Crippen LogP contribution is -2.26. The predicted molar refractivity (Wildman–Crippen MR) is 98.4 cm³/mol. The van der Waals surface area contributed by atoms with E-state index in [0.717, 1.165) is 5.76 Å². The number of aryl methyl sites for hydroxylation is 1. The van der Waals surface area contributed by atoms with E-state index < -0.39 is 0 Å². The number of aromatic amines is 1. The van der Waals surface area contributed by atoms with E-state index in [1.165, 1.54) is 4.57 Å². The Morgan fingerprint density at radius 3 is 2.76 bits per heavy atom. The molecule has 0 aliphatic heterocycles. The number of amides is 1. The average Bonchev–Trinajstić information content (AvgIpc) is 3.01. The molecule has 25 heavy (non-hydrogen) atoms. The number of nitrogens with one attached hydrogen (secondary N) is 2. The second-order valence-electron chi connectivity index (χ2n) is 5.88. The van der Waals surface area contributed by atoms with Crippen LogP contribution in [0.2, 0.25) is 0 Å². The molecule has 7 heteroatoms. The molecule has 0 saturated heterocycles. The summed E-state index contributed by atoms with van der Waals surface area (Å²) < 4.78 is 7.36. The van der Waals surface area contributed by atoms with Crippen LogP contribution in [-0.2, 0) is 6.54 Å². The number of hydrogen-bond acceptors (Lipinski definition) is 4. The molecule has 1 aromatic carbocycles. The van der Waals surface area contributed by atoms with Crippen molar-refractivity contribution in [2.24, 2.45) is 0 Å². The monoisotopic (exact) mass is 357 g/mol. The van der Waals surface area contributed by atoms with Gasteiger partial charge in [-0.2, -0.15) is 0 Å². The Morgan fingerprint density at radius 1 is 1.36 bits per heavy atom. The maximum absolute atomic E-state index is 12.5. The molecule has 0 spiro atoms. The van der Waals surface area contributed by atoms with Crippen molar-refractivity contribution in [3.63, 3.8) is 0 Å². The first kappa shape index (κ1) is 17.2. The molecule has 3 rings (SSSR count). The summed E-state index contributed by atoms with van der Waals surface area (Å²) in [5, 5.41) is 3.39. The number of rotatable bonds is 4. The second-order valence-corrected chi connectivity index (χ2v) is 6.27. The van der Waals surface area contributed by atoms with Gasteiger partial charge < -0.3 is 14.7 Å². The summed E-state index contributed by atoms with van der Waals surface area (Å²) in [6, 6.07) is 8.35. The number of fused-ring (bicyclic) bond motifs is 1. The van der Waals surface area contributed by atoms with Gasteiger partial charge in [0, 0.05) is 12.1 Å². The van der Waals surface area contributed by atoms with E-state index in [-0.39, 0.29) is 17.5 Å². The second kappa shape index (κ2) is 6.68. The van der Waals surface area contributed by atoms with Gasteiger partial charge in [-0.25, -0.2) is 0 Å². The third-order valence-corrected chi connectivity index (χ3v) is 4.42. The van der Waals surface area contributed by atoms with Gasteiger partial charge in [-0.3, -0.25) is 14.2 Å². The van der Waals surface area contributed by atoms with E-state index in [1.54, 1.807) is 18.2 Å². The SMILES string of the molecule is CCn1c(=S)[nH]c2cc(C(=O)NC(C)c3ccc(C)o3)ccc2c1=O. The topological polar surface area (TPSA) is 80.0 Å². The number of nitrogens with zero attached hydrogens (tertiary/aromatic N) is 1. The van der Waals surface area contributed by atoms with Crippen LogP contribution >= 0.6 is 12.2 Å². The van der Waals surface area contributed by atoms with Gasteiger partial charge in [-0.15, -0.1) is 0 Å². The highest BCUT2D eigenvalue weighted by Gasteiger charge is 2.15. The van der Waals surface area contributed by atoms with E-state index in [4.69, 9.17) is 16.6 Å². The summed E-state index contributed by atoms with van der Waals surface area (Å²) in [4.78, 5) is 27.9.